The van der Waals surface area contributed by atoms with Crippen LogP contribution in [0.5, 0.6) is 0 Å². The second-order valence-electron chi connectivity index (χ2n) is 2.32. The average Bonchev–Trinajstić information content (AvgIpc) is 2.07. The lowest BCUT2D eigenvalue weighted by Gasteiger charge is -2.08. The van der Waals surface area contributed by atoms with E-state index in [0.29, 0.717) is 18.0 Å². The van der Waals surface area contributed by atoms with Crippen molar-refractivity contribution in [3.63, 3.8) is 0 Å². The van der Waals surface area contributed by atoms with Crippen LogP contribution in [0.1, 0.15) is 5.56 Å². The van der Waals surface area contributed by atoms with Gasteiger partial charge in [-0.1, -0.05) is 12.1 Å². The molecular formula is C8H10N3O-. The molecule has 1 rings (SSSR count). The Morgan fingerprint density at radius 1 is 1.58 bits per heavy atom. The molecule has 0 saturated carbocycles. The van der Waals surface area contributed by atoms with E-state index in [-0.39, 0.29) is 0 Å². The first-order valence-electron chi connectivity index (χ1n) is 3.42. The van der Waals surface area contributed by atoms with E-state index >= 15 is 0 Å². The van der Waals surface area contributed by atoms with Crippen molar-refractivity contribution in [2.45, 2.75) is 6.61 Å². The van der Waals surface area contributed by atoms with Gasteiger partial charge in [0.2, 0.25) is 0 Å². The van der Waals surface area contributed by atoms with Crippen molar-refractivity contribution in [3.05, 3.63) is 29.5 Å². The zero-order chi connectivity index (χ0) is 8.97. The first-order valence-corrected chi connectivity index (χ1v) is 3.42. The molecule has 64 valence electrons. The predicted octanol–water partition coefficient (Wildman–Crippen LogP) is 2.08. The Morgan fingerprint density at radius 2 is 2.33 bits per heavy atom. The molecule has 0 heterocycles. The lowest BCUT2D eigenvalue weighted by Crippen LogP contribution is -1.90. The van der Waals surface area contributed by atoms with Crippen LogP contribution in [0.4, 0.5) is 11.4 Å². The van der Waals surface area contributed by atoms with Gasteiger partial charge >= 0.3 is 0 Å². The fourth-order valence-corrected chi connectivity index (χ4v) is 0.822. The Labute approximate surface area is 70.8 Å². The summed E-state index contributed by atoms with van der Waals surface area (Å²) >= 11 is 0. The standard InChI is InChI=1S/C8H10N3O/c1-11-12-5-6-2-3-7(9)8(10)4-6/h2-4,9H,1,5,10H2/q-1. The molecular weight excluding hydrogens is 154 g/mol. The van der Waals surface area contributed by atoms with Gasteiger partial charge in [0, 0.05) is 12.4 Å². The van der Waals surface area contributed by atoms with Crippen LogP contribution < -0.4 is 5.73 Å². The smallest absolute Gasteiger partial charge is 0.142 e. The minimum Gasteiger partial charge on any atom is -0.697 e. The molecule has 0 aliphatic rings. The molecule has 0 aromatic heterocycles. The van der Waals surface area contributed by atoms with Gasteiger partial charge in [-0.3, -0.25) is 0 Å². The summed E-state index contributed by atoms with van der Waals surface area (Å²) in [7, 11) is 0. The number of rotatable bonds is 3. The van der Waals surface area contributed by atoms with E-state index in [4.69, 9.17) is 16.3 Å². The summed E-state index contributed by atoms with van der Waals surface area (Å²) in [5, 5.41) is 3.25. The zero-order valence-corrected chi connectivity index (χ0v) is 6.58. The minimum atomic E-state index is 0.324. The number of benzene rings is 1. The summed E-state index contributed by atoms with van der Waals surface area (Å²) < 4.78 is 0. The van der Waals surface area contributed by atoms with E-state index in [1.54, 1.807) is 18.2 Å². The van der Waals surface area contributed by atoms with Gasteiger partial charge in [-0.15, -0.1) is 10.8 Å². The number of nitrogens with zero attached hydrogens (tertiary/aromatic N) is 1. The molecule has 3 N–H and O–H groups in total. The van der Waals surface area contributed by atoms with Gasteiger partial charge in [0.05, 0.1) is 0 Å². The van der Waals surface area contributed by atoms with Crippen molar-refractivity contribution in [2.24, 2.45) is 5.16 Å². The van der Waals surface area contributed by atoms with Crippen molar-refractivity contribution in [1.29, 1.82) is 0 Å². The molecule has 0 bridgehead atoms. The van der Waals surface area contributed by atoms with Crippen molar-refractivity contribution < 1.29 is 4.84 Å². The van der Waals surface area contributed by atoms with E-state index in [2.05, 4.69) is 11.9 Å². The van der Waals surface area contributed by atoms with E-state index in [1.165, 1.54) is 0 Å². The maximum atomic E-state index is 7.29. The Kier molecular flexibility index (Phi) is 2.53. The summed E-state index contributed by atoms with van der Waals surface area (Å²) in [5.41, 5.74) is 14.4. The molecule has 4 nitrogen and oxygen atoms in total. The van der Waals surface area contributed by atoms with Crippen molar-refractivity contribution in [3.8, 4) is 0 Å². The van der Waals surface area contributed by atoms with Crippen molar-refractivity contribution in [1.82, 2.24) is 0 Å². The highest BCUT2D eigenvalue weighted by Crippen LogP contribution is 2.21. The molecule has 1 aromatic carbocycles. The van der Waals surface area contributed by atoms with Crippen LogP contribution >= 0.6 is 0 Å². The molecule has 0 saturated heterocycles. The van der Waals surface area contributed by atoms with Gasteiger partial charge in [0.15, 0.2) is 0 Å². The van der Waals surface area contributed by atoms with Crippen molar-refractivity contribution in [2.75, 3.05) is 5.73 Å². The molecule has 0 aliphatic heterocycles. The Bertz CT molecular complexity index is 286. The monoisotopic (exact) mass is 164 g/mol. The molecule has 0 aliphatic carbocycles. The number of nitrogens with two attached hydrogens (primary N) is 1. The molecule has 4 heteroatoms. The molecule has 0 atom stereocenters. The van der Waals surface area contributed by atoms with Gasteiger partial charge in [0.25, 0.3) is 0 Å². The fourth-order valence-electron chi connectivity index (χ4n) is 0.822. The number of nitrogen functional groups attached to an aromatic ring is 1. The summed E-state index contributed by atoms with van der Waals surface area (Å²) in [6, 6.07) is 5.08. The molecule has 1 aromatic rings. The third kappa shape index (κ3) is 1.88. The fraction of sp³-hybridized carbons (Fsp3) is 0.125. The summed E-state index contributed by atoms with van der Waals surface area (Å²) in [6.07, 6.45) is 0. The van der Waals surface area contributed by atoms with Crippen LogP contribution in [0.25, 0.3) is 5.73 Å². The lowest BCUT2D eigenvalue weighted by atomic mass is 10.2. The number of oxime groups is 1. The van der Waals surface area contributed by atoms with Gasteiger partial charge in [-0.25, -0.2) is 0 Å². The van der Waals surface area contributed by atoms with E-state index in [1.807, 2.05) is 0 Å². The van der Waals surface area contributed by atoms with Gasteiger partial charge in [-0.05, 0) is 11.6 Å². The predicted molar refractivity (Wildman–Crippen MR) is 49.2 cm³/mol. The zero-order valence-electron chi connectivity index (χ0n) is 6.58. The second-order valence-corrected chi connectivity index (χ2v) is 2.32. The average molecular weight is 164 g/mol. The van der Waals surface area contributed by atoms with Crippen LogP contribution in [0.15, 0.2) is 23.4 Å². The minimum absolute atomic E-state index is 0.324. The van der Waals surface area contributed by atoms with Crippen LogP contribution in [-0.4, -0.2) is 6.72 Å². The highest BCUT2D eigenvalue weighted by molar-refractivity contribution is 5.66. The second kappa shape index (κ2) is 3.61. The maximum absolute atomic E-state index is 7.29. The van der Waals surface area contributed by atoms with Crippen LogP contribution in [0.3, 0.4) is 0 Å². The molecule has 0 spiro atoms. The first-order chi connectivity index (χ1) is 5.74. The van der Waals surface area contributed by atoms with Crippen molar-refractivity contribution >= 4 is 18.1 Å². The van der Waals surface area contributed by atoms with Gasteiger partial charge < -0.3 is 16.3 Å². The van der Waals surface area contributed by atoms with E-state index in [0.717, 1.165) is 5.56 Å². The lowest BCUT2D eigenvalue weighted by molar-refractivity contribution is 0.133. The molecule has 0 fully saturated rings. The number of nitrogens with one attached hydrogen (secondary N) is 1. The highest BCUT2D eigenvalue weighted by Gasteiger charge is 1.93. The van der Waals surface area contributed by atoms with Crippen LogP contribution in [0.2, 0.25) is 0 Å². The Morgan fingerprint density at radius 3 is 2.92 bits per heavy atom. The largest absolute Gasteiger partial charge is 0.697 e. The van der Waals surface area contributed by atoms with Crippen LogP contribution in [0, 0.1) is 0 Å². The van der Waals surface area contributed by atoms with E-state index in [9.17, 15) is 0 Å². The molecule has 0 radical (unpaired) electrons. The maximum Gasteiger partial charge on any atom is 0.142 e. The Balaban J connectivity index is 2.75. The molecule has 0 amide bonds. The Hall–Kier alpha value is -1.71. The highest BCUT2D eigenvalue weighted by atomic mass is 16.6. The van der Waals surface area contributed by atoms with Gasteiger partial charge in [0.1, 0.15) is 6.61 Å². The third-order valence-corrected chi connectivity index (χ3v) is 1.44. The molecule has 0 unspecified atom stereocenters. The summed E-state index contributed by atoms with van der Waals surface area (Å²) in [5.74, 6) is 0. The summed E-state index contributed by atoms with van der Waals surface area (Å²) in [4.78, 5) is 4.71. The normalized spacial score (nSPS) is 9.33. The summed E-state index contributed by atoms with van der Waals surface area (Å²) in [6.45, 7) is 3.52. The van der Waals surface area contributed by atoms with Crippen LogP contribution in [-0.2, 0) is 11.4 Å². The quantitative estimate of drug-likeness (QED) is 0.422. The molecule has 12 heavy (non-hydrogen) atoms. The van der Waals surface area contributed by atoms with Gasteiger partial charge in [-0.2, -0.15) is 0 Å². The SMILES string of the molecule is C=NOCc1ccc([NH-])c(N)c1. The van der Waals surface area contributed by atoms with E-state index < -0.39 is 0 Å². The third-order valence-electron chi connectivity index (χ3n) is 1.44. The number of hydrogen-bond donors (Lipinski definition) is 1. The number of anilines is 1. The first kappa shape index (κ1) is 8.39. The topological polar surface area (TPSA) is 71.4 Å². The number of hydrogen-bond acceptors (Lipinski definition) is 3.